The number of nitrogens with one attached hydrogen (secondary N) is 2. The van der Waals surface area contributed by atoms with Gasteiger partial charge in [0, 0.05) is 51.0 Å². The number of anilines is 1. The molecule has 0 saturated carbocycles. The van der Waals surface area contributed by atoms with E-state index in [1.165, 1.54) is 18.2 Å². The Morgan fingerprint density at radius 3 is 2.22 bits per heavy atom. The highest BCUT2D eigenvalue weighted by molar-refractivity contribution is 7.99. The Hall–Kier alpha value is -1.03. The van der Waals surface area contributed by atoms with E-state index in [2.05, 4.69) is 10.6 Å². The average Bonchev–Trinajstić information content (AvgIpc) is 2.79. The Labute approximate surface area is 242 Å². The first-order chi connectivity index (χ1) is 17.3. The first-order valence-electron chi connectivity index (χ1n) is 11.0. The molecule has 13 heteroatoms. The number of amides is 2. The number of alkyl halides is 5. The number of halogens is 8. The maximum atomic E-state index is 13.1. The van der Waals surface area contributed by atoms with Gasteiger partial charge in [0.15, 0.2) is 0 Å². The molecule has 204 valence electrons. The van der Waals surface area contributed by atoms with E-state index in [-0.39, 0.29) is 28.1 Å². The minimum absolute atomic E-state index is 0.0438. The maximum Gasteiger partial charge on any atom is 0.389 e. The van der Waals surface area contributed by atoms with Gasteiger partial charge in [-0.25, -0.2) is 0 Å². The van der Waals surface area contributed by atoms with Crippen molar-refractivity contribution < 1.29 is 22.8 Å². The van der Waals surface area contributed by atoms with Gasteiger partial charge in [-0.2, -0.15) is 24.9 Å². The summed E-state index contributed by atoms with van der Waals surface area (Å²) in [6.45, 7) is 1.68. The molecule has 0 bridgehead atoms. The van der Waals surface area contributed by atoms with Crippen LogP contribution < -0.4 is 10.6 Å². The number of carbonyl (C=O) groups excluding carboxylic acids is 2. The van der Waals surface area contributed by atoms with Crippen LogP contribution in [-0.4, -0.2) is 47.3 Å². The van der Waals surface area contributed by atoms with Gasteiger partial charge in [0.1, 0.15) is 0 Å². The van der Waals surface area contributed by atoms with E-state index in [1.807, 2.05) is 0 Å². The fourth-order valence-corrected chi connectivity index (χ4v) is 5.86. The summed E-state index contributed by atoms with van der Waals surface area (Å²) in [6.07, 6.45) is -5.12. The van der Waals surface area contributed by atoms with E-state index in [1.54, 1.807) is 25.1 Å². The molecule has 0 aliphatic rings. The molecule has 0 heterocycles. The number of hydrogen-bond donors (Lipinski definition) is 2. The quantitative estimate of drug-likeness (QED) is 0.182. The van der Waals surface area contributed by atoms with Crippen LogP contribution in [0.25, 0.3) is 0 Å². The number of rotatable bonds is 12. The minimum Gasteiger partial charge on any atom is -0.349 e. The molecular formula is C24H24Cl5F3N2O2S. The van der Waals surface area contributed by atoms with Gasteiger partial charge in [-0.05, 0) is 48.9 Å². The van der Waals surface area contributed by atoms with Crippen molar-refractivity contribution in [3.63, 3.8) is 0 Å². The van der Waals surface area contributed by atoms with Crippen LogP contribution in [-0.2, 0) is 4.79 Å². The molecule has 3 atom stereocenters. The minimum atomic E-state index is -4.22. The third-order valence-corrected chi connectivity index (χ3v) is 7.88. The van der Waals surface area contributed by atoms with Gasteiger partial charge in [-0.15, -0.1) is 23.2 Å². The second kappa shape index (κ2) is 14.9. The number of hydrogen-bond acceptors (Lipinski definition) is 3. The summed E-state index contributed by atoms with van der Waals surface area (Å²) in [5, 5.41) is 6.39. The topological polar surface area (TPSA) is 58.2 Å². The molecule has 37 heavy (non-hydrogen) atoms. The molecule has 4 nitrogen and oxygen atoms in total. The second-order valence-corrected chi connectivity index (χ2v) is 11.3. The highest BCUT2D eigenvalue weighted by Gasteiger charge is 2.30. The van der Waals surface area contributed by atoms with E-state index >= 15 is 0 Å². The molecule has 0 spiro atoms. The smallest absolute Gasteiger partial charge is 0.349 e. The van der Waals surface area contributed by atoms with Crippen LogP contribution in [0.15, 0.2) is 36.4 Å². The maximum absolute atomic E-state index is 13.1. The molecule has 0 aliphatic heterocycles. The Morgan fingerprint density at radius 1 is 1.00 bits per heavy atom. The molecule has 2 rings (SSSR count). The van der Waals surface area contributed by atoms with Gasteiger partial charge in [0.25, 0.3) is 5.91 Å². The molecule has 0 saturated heterocycles. The zero-order valence-electron chi connectivity index (χ0n) is 19.5. The lowest BCUT2D eigenvalue weighted by Gasteiger charge is -2.24. The lowest BCUT2D eigenvalue weighted by molar-refractivity contribution is -0.129. The second-order valence-electron chi connectivity index (χ2n) is 8.22. The largest absolute Gasteiger partial charge is 0.389 e. The van der Waals surface area contributed by atoms with Crippen molar-refractivity contribution in [1.29, 1.82) is 0 Å². The molecule has 2 N–H and O–H groups in total. The third kappa shape index (κ3) is 10.6. The van der Waals surface area contributed by atoms with Gasteiger partial charge >= 0.3 is 6.18 Å². The van der Waals surface area contributed by atoms with E-state index in [9.17, 15) is 22.8 Å². The first kappa shape index (κ1) is 32.2. The highest BCUT2D eigenvalue weighted by atomic mass is 35.5. The van der Waals surface area contributed by atoms with Crippen LogP contribution in [0.2, 0.25) is 15.1 Å². The number of carbonyl (C=O) groups is 2. The Kier molecular flexibility index (Phi) is 13.0. The number of benzene rings is 2. The summed E-state index contributed by atoms with van der Waals surface area (Å²) in [5.41, 5.74) is 1.07. The van der Waals surface area contributed by atoms with Gasteiger partial charge in [0.05, 0.1) is 22.9 Å². The monoisotopic (exact) mass is 636 g/mol. The van der Waals surface area contributed by atoms with Gasteiger partial charge in [0.2, 0.25) is 5.91 Å². The lowest BCUT2D eigenvalue weighted by atomic mass is 9.88. The van der Waals surface area contributed by atoms with E-state index in [4.69, 9.17) is 58.0 Å². The van der Waals surface area contributed by atoms with Crippen molar-refractivity contribution in [2.75, 3.05) is 28.6 Å². The molecule has 0 aliphatic carbocycles. The van der Waals surface area contributed by atoms with Crippen LogP contribution in [0.5, 0.6) is 0 Å². The van der Waals surface area contributed by atoms with E-state index in [0.717, 1.165) is 11.8 Å². The van der Waals surface area contributed by atoms with Crippen LogP contribution in [0, 0.1) is 5.92 Å². The molecular weight excluding hydrogens is 615 g/mol. The van der Waals surface area contributed by atoms with Crippen molar-refractivity contribution in [3.8, 4) is 0 Å². The predicted octanol–water partition coefficient (Wildman–Crippen LogP) is 8.27. The average molecular weight is 639 g/mol. The van der Waals surface area contributed by atoms with Crippen LogP contribution in [0.1, 0.15) is 35.2 Å². The molecule has 2 aromatic rings. The standard InChI is InChI=1S/C24H24Cl5F3N2O2S/c1-13(12-37-5-4-24(30,31)32)33-22(35)18-9-17(2-3-21(18)29)34-23(36)20(11-26)19(10-25)14-6-15(27)8-16(28)7-14/h2-3,6-9,13,19-20H,4-5,10-12H2,1H3,(H,33,35)(H,34,36)/t13-,19?,20?/m1/s1. The Balaban J connectivity index is 2.09. The summed E-state index contributed by atoms with van der Waals surface area (Å²) in [5.74, 6) is -1.95. The third-order valence-electron chi connectivity index (χ3n) is 5.22. The normalized spacial score (nSPS) is 14.1. The molecule has 2 amide bonds. The summed E-state index contributed by atoms with van der Waals surface area (Å²) in [6, 6.07) is 8.90. The zero-order chi connectivity index (χ0) is 27.8. The van der Waals surface area contributed by atoms with E-state index in [0.29, 0.717) is 27.0 Å². The van der Waals surface area contributed by atoms with Crippen molar-refractivity contribution >= 4 is 87.3 Å². The number of thioether (sulfide) groups is 1. The van der Waals surface area contributed by atoms with Crippen molar-refractivity contribution in [2.24, 2.45) is 5.92 Å². The van der Waals surface area contributed by atoms with Crippen LogP contribution in [0.4, 0.5) is 18.9 Å². The molecule has 0 aromatic heterocycles. The summed E-state index contributed by atoms with van der Waals surface area (Å²) in [7, 11) is 0. The van der Waals surface area contributed by atoms with Crippen molar-refractivity contribution in [3.05, 3.63) is 62.6 Å². The van der Waals surface area contributed by atoms with Gasteiger partial charge < -0.3 is 10.6 Å². The Morgan fingerprint density at radius 2 is 1.65 bits per heavy atom. The van der Waals surface area contributed by atoms with Gasteiger partial charge in [-0.3, -0.25) is 9.59 Å². The fourth-order valence-electron chi connectivity index (χ4n) is 3.38. The molecule has 0 fully saturated rings. The van der Waals surface area contributed by atoms with Crippen molar-refractivity contribution in [2.45, 2.75) is 31.5 Å². The Bertz CT molecular complexity index is 1070. The molecule has 0 radical (unpaired) electrons. The molecule has 2 unspecified atom stereocenters. The highest BCUT2D eigenvalue weighted by Crippen LogP contribution is 2.33. The lowest BCUT2D eigenvalue weighted by Crippen LogP contribution is -2.34. The first-order valence-corrected chi connectivity index (χ1v) is 14.3. The van der Waals surface area contributed by atoms with Crippen LogP contribution in [0.3, 0.4) is 0 Å². The zero-order valence-corrected chi connectivity index (χ0v) is 24.1. The van der Waals surface area contributed by atoms with Crippen molar-refractivity contribution in [1.82, 2.24) is 5.32 Å². The summed E-state index contributed by atoms with van der Waals surface area (Å²) in [4.78, 5) is 25.9. The summed E-state index contributed by atoms with van der Waals surface area (Å²) >= 11 is 31.8. The summed E-state index contributed by atoms with van der Waals surface area (Å²) < 4.78 is 36.9. The SMILES string of the molecule is C[C@H](CSCCC(F)(F)F)NC(=O)c1cc(NC(=O)C(CCl)C(CCl)c2cc(Cl)cc(Cl)c2)ccc1Cl. The predicted molar refractivity (Wildman–Crippen MR) is 149 cm³/mol. The van der Waals surface area contributed by atoms with Crippen LogP contribution >= 0.6 is 69.8 Å². The van der Waals surface area contributed by atoms with E-state index < -0.39 is 42.3 Å². The van der Waals surface area contributed by atoms with Gasteiger partial charge in [-0.1, -0.05) is 34.8 Å². The molecule has 2 aromatic carbocycles. The fraction of sp³-hybridized carbons (Fsp3) is 0.417.